The standard InChI is InChI=1S/C22H30N4O2/c1-5-23-22(25-16-18-9-11-20(28-4)12-10-18)24-14-13-17-7-6-8-19(15-17)21(27)26(2)3/h6-12,15H,5,13-14,16H2,1-4H3,(H2,23,24,25). The van der Waals surface area contributed by atoms with Crippen molar-refractivity contribution >= 4 is 11.9 Å². The first-order valence-electron chi connectivity index (χ1n) is 9.49. The summed E-state index contributed by atoms with van der Waals surface area (Å²) >= 11 is 0. The molecule has 0 aliphatic rings. The Labute approximate surface area is 167 Å². The zero-order valence-electron chi connectivity index (χ0n) is 17.2. The van der Waals surface area contributed by atoms with Crippen LogP contribution in [0.15, 0.2) is 53.5 Å². The molecule has 2 N–H and O–H groups in total. The number of amides is 1. The van der Waals surface area contributed by atoms with Gasteiger partial charge in [0.1, 0.15) is 5.75 Å². The van der Waals surface area contributed by atoms with Crippen molar-refractivity contribution in [3.8, 4) is 5.75 Å². The van der Waals surface area contributed by atoms with Crippen molar-refractivity contribution in [3.63, 3.8) is 0 Å². The van der Waals surface area contributed by atoms with Crippen LogP contribution in [-0.2, 0) is 13.0 Å². The molecule has 0 saturated heterocycles. The summed E-state index contributed by atoms with van der Waals surface area (Å²) in [6, 6.07) is 15.7. The van der Waals surface area contributed by atoms with Crippen molar-refractivity contribution in [3.05, 3.63) is 65.2 Å². The minimum atomic E-state index is 0.0178. The quantitative estimate of drug-likeness (QED) is 0.544. The van der Waals surface area contributed by atoms with Gasteiger partial charge < -0.3 is 20.3 Å². The molecule has 0 unspecified atom stereocenters. The molecule has 2 aromatic carbocycles. The largest absolute Gasteiger partial charge is 0.497 e. The summed E-state index contributed by atoms with van der Waals surface area (Å²) in [6.07, 6.45) is 0.807. The fraction of sp³-hybridized carbons (Fsp3) is 0.364. The lowest BCUT2D eigenvalue weighted by Gasteiger charge is -2.13. The first kappa shape index (κ1) is 21.3. The molecule has 0 radical (unpaired) electrons. The number of nitrogens with one attached hydrogen (secondary N) is 2. The van der Waals surface area contributed by atoms with E-state index in [0.717, 1.165) is 42.3 Å². The number of methoxy groups -OCH3 is 1. The number of carbonyl (C=O) groups excluding carboxylic acids is 1. The molecule has 0 atom stereocenters. The summed E-state index contributed by atoms with van der Waals surface area (Å²) in [5, 5.41) is 6.61. The maximum Gasteiger partial charge on any atom is 0.253 e. The number of aliphatic imine (C=N–C) groups is 1. The van der Waals surface area contributed by atoms with Gasteiger partial charge in [0, 0.05) is 32.7 Å². The smallest absolute Gasteiger partial charge is 0.253 e. The van der Waals surface area contributed by atoms with Crippen LogP contribution in [0.2, 0.25) is 0 Å². The first-order valence-corrected chi connectivity index (χ1v) is 9.49. The molecule has 6 nitrogen and oxygen atoms in total. The van der Waals surface area contributed by atoms with E-state index in [0.29, 0.717) is 12.1 Å². The number of hydrogen-bond acceptors (Lipinski definition) is 3. The van der Waals surface area contributed by atoms with E-state index in [1.54, 1.807) is 26.1 Å². The van der Waals surface area contributed by atoms with Gasteiger partial charge in [-0.15, -0.1) is 0 Å². The summed E-state index contributed by atoms with van der Waals surface area (Å²) in [7, 11) is 5.18. The molecule has 1 amide bonds. The Hall–Kier alpha value is -3.02. The van der Waals surface area contributed by atoms with E-state index in [4.69, 9.17) is 4.74 Å². The van der Waals surface area contributed by atoms with Crippen molar-refractivity contribution < 1.29 is 9.53 Å². The first-order chi connectivity index (χ1) is 13.5. The van der Waals surface area contributed by atoms with Crippen molar-refractivity contribution in [2.75, 3.05) is 34.3 Å². The van der Waals surface area contributed by atoms with Crippen LogP contribution in [-0.4, -0.2) is 51.1 Å². The van der Waals surface area contributed by atoms with E-state index in [9.17, 15) is 4.79 Å². The summed E-state index contributed by atoms with van der Waals surface area (Å²) in [5.74, 6) is 1.63. The summed E-state index contributed by atoms with van der Waals surface area (Å²) in [6.45, 7) is 4.16. The van der Waals surface area contributed by atoms with Gasteiger partial charge in [-0.3, -0.25) is 4.79 Å². The Bertz CT molecular complexity index is 785. The fourth-order valence-corrected chi connectivity index (χ4v) is 2.69. The number of hydrogen-bond donors (Lipinski definition) is 2. The maximum atomic E-state index is 12.1. The maximum absolute atomic E-state index is 12.1. The molecule has 0 bridgehead atoms. The Morgan fingerprint density at radius 3 is 2.46 bits per heavy atom. The molecule has 0 fully saturated rings. The van der Waals surface area contributed by atoms with Gasteiger partial charge in [-0.05, 0) is 48.7 Å². The molecular formula is C22H30N4O2. The lowest BCUT2D eigenvalue weighted by molar-refractivity contribution is 0.0827. The Balaban J connectivity index is 1.92. The van der Waals surface area contributed by atoms with Gasteiger partial charge in [0.2, 0.25) is 0 Å². The SMILES string of the molecule is CCNC(=NCc1ccc(OC)cc1)NCCc1cccc(C(=O)N(C)C)c1. The van der Waals surface area contributed by atoms with Crippen LogP contribution in [0.1, 0.15) is 28.4 Å². The number of benzene rings is 2. The van der Waals surface area contributed by atoms with Gasteiger partial charge in [0.25, 0.3) is 5.91 Å². The highest BCUT2D eigenvalue weighted by Gasteiger charge is 2.08. The molecule has 2 rings (SSSR count). The van der Waals surface area contributed by atoms with Crippen LogP contribution in [0.3, 0.4) is 0 Å². The highest BCUT2D eigenvalue weighted by Crippen LogP contribution is 2.12. The van der Waals surface area contributed by atoms with Crippen LogP contribution in [0.4, 0.5) is 0 Å². The zero-order valence-corrected chi connectivity index (χ0v) is 17.2. The number of ether oxygens (including phenoxy) is 1. The minimum absolute atomic E-state index is 0.0178. The minimum Gasteiger partial charge on any atom is -0.497 e. The molecular weight excluding hydrogens is 352 g/mol. The topological polar surface area (TPSA) is 66.0 Å². The third kappa shape index (κ3) is 6.61. The predicted octanol–water partition coefficient (Wildman–Crippen LogP) is 2.69. The molecule has 0 aliphatic heterocycles. The summed E-state index contributed by atoms with van der Waals surface area (Å²) in [4.78, 5) is 18.3. The Morgan fingerprint density at radius 1 is 1.07 bits per heavy atom. The Morgan fingerprint density at radius 2 is 1.82 bits per heavy atom. The van der Waals surface area contributed by atoms with Crippen LogP contribution < -0.4 is 15.4 Å². The van der Waals surface area contributed by atoms with Crippen molar-refractivity contribution in [2.24, 2.45) is 4.99 Å². The average Bonchev–Trinajstić information content (AvgIpc) is 2.72. The van der Waals surface area contributed by atoms with Crippen LogP contribution in [0.5, 0.6) is 5.75 Å². The van der Waals surface area contributed by atoms with Crippen LogP contribution >= 0.6 is 0 Å². The third-order valence-corrected chi connectivity index (χ3v) is 4.21. The van der Waals surface area contributed by atoms with E-state index < -0.39 is 0 Å². The van der Waals surface area contributed by atoms with Gasteiger partial charge in [-0.25, -0.2) is 4.99 Å². The monoisotopic (exact) mass is 382 g/mol. The number of guanidine groups is 1. The normalized spacial score (nSPS) is 11.1. The van der Waals surface area contributed by atoms with E-state index in [1.165, 1.54) is 0 Å². The van der Waals surface area contributed by atoms with Gasteiger partial charge in [-0.1, -0.05) is 24.3 Å². The second kappa shape index (κ2) is 11.0. The van der Waals surface area contributed by atoms with Crippen molar-refractivity contribution in [2.45, 2.75) is 19.9 Å². The molecule has 150 valence electrons. The fourth-order valence-electron chi connectivity index (χ4n) is 2.69. The molecule has 0 aliphatic carbocycles. The molecule has 0 saturated carbocycles. The molecule has 2 aromatic rings. The van der Waals surface area contributed by atoms with Crippen LogP contribution in [0, 0.1) is 0 Å². The predicted molar refractivity (Wildman–Crippen MR) is 114 cm³/mol. The molecule has 0 aromatic heterocycles. The van der Waals surface area contributed by atoms with Gasteiger partial charge >= 0.3 is 0 Å². The molecule has 0 spiro atoms. The summed E-state index contributed by atoms with van der Waals surface area (Å²) in [5.41, 5.74) is 2.95. The second-order valence-electron chi connectivity index (χ2n) is 6.62. The lowest BCUT2D eigenvalue weighted by atomic mass is 10.1. The number of rotatable bonds is 8. The number of carbonyl (C=O) groups is 1. The van der Waals surface area contributed by atoms with E-state index in [1.807, 2.05) is 55.5 Å². The van der Waals surface area contributed by atoms with Crippen molar-refractivity contribution in [1.29, 1.82) is 0 Å². The average molecular weight is 383 g/mol. The third-order valence-electron chi connectivity index (χ3n) is 4.21. The van der Waals surface area contributed by atoms with E-state index in [2.05, 4.69) is 15.6 Å². The molecule has 6 heteroatoms. The lowest BCUT2D eigenvalue weighted by Crippen LogP contribution is -2.38. The second-order valence-corrected chi connectivity index (χ2v) is 6.62. The molecule has 0 heterocycles. The highest BCUT2D eigenvalue weighted by atomic mass is 16.5. The summed E-state index contributed by atoms with van der Waals surface area (Å²) < 4.78 is 5.18. The highest BCUT2D eigenvalue weighted by molar-refractivity contribution is 5.94. The Kier molecular flexibility index (Phi) is 8.34. The number of nitrogens with zero attached hydrogens (tertiary/aromatic N) is 2. The van der Waals surface area contributed by atoms with Gasteiger partial charge in [-0.2, -0.15) is 0 Å². The van der Waals surface area contributed by atoms with Gasteiger partial charge in [0.15, 0.2) is 5.96 Å². The van der Waals surface area contributed by atoms with Gasteiger partial charge in [0.05, 0.1) is 13.7 Å². The van der Waals surface area contributed by atoms with E-state index >= 15 is 0 Å². The molecule has 28 heavy (non-hydrogen) atoms. The van der Waals surface area contributed by atoms with Crippen LogP contribution in [0.25, 0.3) is 0 Å². The van der Waals surface area contributed by atoms with Crippen molar-refractivity contribution in [1.82, 2.24) is 15.5 Å². The van der Waals surface area contributed by atoms with E-state index in [-0.39, 0.29) is 5.91 Å². The zero-order chi connectivity index (χ0) is 20.4.